The van der Waals surface area contributed by atoms with Crippen LogP contribution in [0, 0.1) is 0 Å². The number of pyridine rings is 1. The van der Waals surface area contributed by atoms with E-state index in [2.05, 4.69) is 15.6 Å². The van der Waals surface area contributed by atoms with E-state index in [1.807, 2.05) is 6.92 Å². The van der Waals surface area contributed by atoms with E-state index in [-0.39, 0.29) is 18.2 Å². The molecule has 2 amide bonds. The highest BCUT2D eigenvalue weighted by molar-refractivity contribution is 5.95. The molecule has 0 aromatic carbocycles. The van der Waals surface area contributed by atoms with Crippen LogP contribution in [-0.2, 0) is 11.2 Å². The quantitative estimate of drug-likeness (QED) is 0.696. The van der Waals surface area contributed by atoms with Gasteiger partial charge in [0.2, 0.25) is 5.91 Å². The summed E-state index contributed by atoms with van der Waals surface area (Å²) in [4.78, 5) is 27.1. The second-order valence-corrected chi connectivity index (χ2v) is 4.20. The number of hydrogen-bond donors (Lipinski definition) is 3. The van der Waals surface area contributed by atoms with Gasteiger partial charge in [0.15, 0.2) is 0 Å². The van der Waals surface area contributed by atoms with Crippen LogP contribution in [0.2, 0.25) is 0 Å². The lowest BCUT2D eigenvalue weighted by atomic mass is 10.1. The molecule has 0 aliphatic carbocycles. The fraction of sp³-hybridized carbons (Fsp3) is 0.462. The molecule has 0 spiro atoms. The van der Waals surface area contributed by atoms with Gasteiger partial charge >= 0.3 is 0 Å². The third kappa shape index (κ3) is 4.95. The Morgan fingerprint density at radius 1 is 1.37 bits per heavy atom. The summed E-state index contributed by atoms with van der Waals surface area (Å²) in [5.74, 6) is -0.0148. The number of nitrogens with two attached hydrogens (primary N) is 1. The molecule has 19 heavy (non-hydrogen) atoms. The molecule has 0 unspecified atom stereocenters. The zero-order chi connectivity index (χ0) is 14.3. The van der Waals surface area contributed by atoms with Crippen LogP contribution in [0.1, 0.15) is 35.8 Å². The predicted octanol–water partition coefficient (Wildman–Crippen LogP) is 0.482. The highest BCUT2D eigenvalue weighted by atomic mass is 16.2. The molecular weight excluding hydrogens is 244 g/mol. The normalized spacial score (nSPS) is 10.0. The summed E-state index contributed by atoms with van der Waals surface area (Å²) < 4.78 is 0. The maximum atomic E-state index is 11.9. The number of aromatic nitrogens is 1. The Morgan fingerprint density at radius 3 is 2.74 bits per heavy atom. The molecule has 0 bridgehead atoms. The molecule has 6 heteroatoms. The van der Waals surface area contributed by atoms with Crippen LogP contribution in [-0.4, -0.2) is 30.4 Å². The molecule has 0 aliphatic heterocycles. The van der Waals surface area contributed by atoms with Gasteiger partial charge in [0, 0.05) is 31.3 Å². The Balaban J connectivity index is 2.63. The average Bonchev–Trinajstić information content (AvgIpc) is 2.38. The van der Waals surface area contributed by atoms with E-state index in [0.717, 1.165) is 18.5 Å². The number of aryl methyl sites for hydroxylation is 1. The highest BCUT2D eigenvalue weighted by Crippen LogP contribution is 2.09. The summed E-state index contributed by atoms with van der Waals surface area (Å²) in [6, 6.07) is 3.27. The number of nitrogen functional groups attached to an aromatic ring is 1. The molecule has 0 fully saturated rings. The summed E-state index contributed by atoms with van der Waals surface area (Å²) in [6.45, 7) is 2.33. The van der Waals surface area contributed by atoms with Crippen molar-refractivity contribution in [2.75, 3.05) is 19.3 Å². The highest BCUT2D eigenvalue weighted by Gasteiger charge is 2.09. The van der Waals surface area contributed by atoms with Gasteiger partial charge in [-0.3, -0.25) is 9.59 Å². The molecule has 1 aromatic rings. The van der Waals surface area contributed by atoms with Crippen LogP contribution in [0.3, 0.4) is 0 Å². The first-order chi connectivity index (χ1) is 9.06. The summed E-state index contributed by atoms with van der Waals surface area (Å²) in [6.07, 6.45) is 1.97. The lowest BCUT2D eigenvalue weighted by molar-refractivity contribution is -0.120. The van der Waals surface area contributed by atoms with E-state index in [1.54, 1.807) is 13.1 Å². The Bertz CT molecular complexity index is 460. The number of amides is 2. The van der Waals surface area contributed by atoms with Gasteiger partial charge in [0.1, 0.15) is 5.82 Å². The van der Waals surface area contributed by atoms with Crippen molar-refractivity contribution in [3.8, 4) is 0 Å². The third-order valence-electron chi connectivity index (χ3n) is 2.58. The van der Waals surface area contributed by atoms with Crippen LogP contribution in [0.4, 0.5) is 5.82 Å². The van der Waals surface area contributed by atoms with E-state index < -0.39 is 0 Å². The minimum absolute atomic E-state index is 0.110. The lowest BCUT2D eigenvalue weighted by Gasteiger charge is -2.07. The fourth-order valence-electron chi connectivity index (χ4n) is 1.64. The van der Waals surface area contributed by atoms with Crippen molar-refractivity contribution in [3.63, 3.8) is 0 Å². The number of nitrogens with zero attached hydrogens (tertiary/aromatic N) is 1. The third-order valence-corrected chi connectivity index (χ3v) is 2.58. The molecule has 0 aliphatic rings. The number of carbonyl (C=O) groups excluding carboxylic acids is 2. The summed E-state index contributed by atoms with van der Waals surface area (Å²) >= 11 is 0. The van der Waals surface area contributed by atoms with Crippen LogP contribution >= 0.6 is 0 Å². The van der Waals surface area contributed by atoms with Crippen LogP contribution in [0.5, 0.6) is 0 Å². The molecule has 1 rings (SSSR count). The van der Waals surface area contributed by atoms with Crippen molar-refractivity contribution in [1.29, 1.82) is 0 Å². The monoisotopic (exact) mass is 264 g/mol. The van der Waals surface area contributed by atoms with Crippen LogP contribution in [0.15, 0.2) is 12.1 Å². The second kappa shape index (κ2) is 7.35. The molecule has 0 atom stereocenters. The average molecular weight is 264 g/mol. The molecule has 0 saturated carbocycles. The molecular formula is C13H20N4O2. The van der Waals surface area contributed by atoms with Crippen molar-refractivity contribution in [2.45, 2.75) is 26.2 Å². The van der Waals surface area contributed by atoms with Crippen molar-refractivity contribution >= 4 is 17.6 Å². The number of anilines is 1. The van der Waals surface area contributed by atoms with Gasteiger partial charge in [-0.2, -0.15) is 0 Å². The van der Waals surface area contributed by atoms with Gasteiger partial charge in [0.25, 0.3) is 5.91 Å². The zero-order valence-electron chi connectivity index (χ0n) is 11.3. The minimum Gasteiger partial charge on any atom is -0.384 e. The number of carbonyl (C=O) groups is 2. The van der Waals surface area contributed by atoms with Gasteiger partial charge < -0.3 is 16.4 Å². The SMILES string of the molecule is CCCc1cc(C(=O)NCCC(=O)NC)cc(N)n1. The second-order valence-electron chi connectivity index (χ2n) is 4.20. The van der Waals surface area contributed by atoms with Crippen molar-refractivity contribution < 1.29 is 9.59 Å². The molecule has 104 valence electrons. The van der Waals surface area contributed by atoms with Gasteiger partial charge in [0.05, 0.1) is 0 Å². The first-order valence-corrected chi connectivity index (χ1v) is 6.32. The molecule has 0 saturated heterocycles. The van der Waals surface area contributed by atoms with E-state index in [0.29, 0.717) is 17.9 Å². The number of rotatable bonds is 6. The smallest absolute Gasteiger partial charge is 0.251 e. The Hall–Kier alpha value is -2.11. The molecule has 0 radical (unpaired) electrons. The van der Waals surface area contributed by atoms with E-state index >= 15 is 0 Å². The Labute approximate surface area is 112 Å². The Kier molecular flexibility index (Phi) is 5.78. The van der Waals surface area contributed by atoms with Crippen molar-refractivity contribution in [1.82, 2.24) is 15.6 Å². The number of nitrogens with one attached hydrogen (secondary N) is 2. The first-order valence-electron chi connectivity index (χ1n) is 6.32. The predicted molar refractivity (Wildman–Crippen MR) is 73.7 cm³/mol. The standard InChI is InChI=1S/C13H20N4O2/c1-3-4-10-7-9(8-11(14)17-10)13(19)16-6-5-12(18)15-2/h7-8H,3-6H2,1-2H3,(H2,14,17)(H,15,18)(H,16,19). The minimum atomic E-state index is -0.240. The molecule has 1 aromatic heterocycles. The summed E-state index contributed by atoms with van der Waals surface area (Å²) in [7, 11) is 1.56. The summed E-state index contributed by atoms with van der Waals surface area (Å²) in [5, 5.41) is 5.17. The fourth-order valence-corrected chi connectivity index (χ4v) is 1.64. The van der Waals surface area contributed by atoms with E-state index in [1.165, 1.54) is 6.07 Å². The van der Waals surface area contributed by atoms with Crippen molar-refractivity contribution in [2.24, 2.45) is 0 Å². The maximum absolute atomic E-state index is 11.9. The molecule has 1 heterocycles. The lowest BCUT2D eigenvalue weighted by Crippen LogP contribution is -2.29. The Morgan fingerprint density at radius 2 is 2.11 bits per heavy atom. The van der Waals surface area contributed by atoms with Crippen molar-refractivity contribution in [3.05, 3.63) is 23.4 Å². The topological polar surface area (TPSA) is 97.1 Å². The van der Waals surface area contributed by atoms with Gasteiger partial charge in [-0.05, 0) is 18.6 Å². The maximum Gasteiger partial charge on any atom is 0.251 e. The van der Waals surface area contributed by atoms with Gasteiger partial charge in [-0.15, -0.1) is 0 Å². The van der Waals surface area contributed by atoms with Gasteiger partial charge in [-0.25, -0.2) is 4.98 Å². The van der Waals surface area contributed by atoms with Gasteiger partial charge in [-0.1, -0.05) is 13.3 Å². The van der Waals surface area contributed by atoms with Crippen LogP contribution in [0.25, 0.3) is 0 Å². The largest absolute Gasteiger partial charge is 0.384 e. The van der Waals surface area contributed by atoms with E-state index in [9.17, 15) is 9.59 Å². The zero-order valence-corrected chi connectivity index (χ0v) is 11.3. The molecule has 6 nitrogen and oxygen atoms in total. The molecule has 4 N–H and O–H groups in total. The summed E-state index contributed by atoms with van der Waals surface area (Å²) in [5.41, 5.74) is 6.95. The number of hydrogen-bond acceptors (Lipinski definition) is 4. The van der Waals surface area contributed by atoms with E-state index in [4.69, 9.17) is 5.73 Å². The first kappa shape index (κ1) is 14.9. The van der Waals surface area contributed by atoms with Crippen LogP contribution < -0.4 is 16.4 Å².